The van der Waals surface area contributed by atoms with Gasteiger partial charge in [0.2, 0.25) is 5.91 Å². The largest absolute Gasteiger partial charge is 0.332 e. The number of nitrogens with one attached hydrogen (secondary N) is 2. The number of nitrogens with zero attached hydrogens (tertiary/aromatic N) is 1. The summed E-state index contributed by atoms with van der Waals surface area (Å²) in [7, 11) is 1.56. The second-order valence-corrected chi connectivity index (χ2v) is 7.90. The van der Waals surface area contributed by atoms with E-state index in [2.05, 4.69) is 10.6 Å². The molecule has 0 bridgehead atoms. The van der Waals surface area contributed by atoms with E-state index in [4.69, 9.17) is 0 Å². The first-order chi connectivity index (χ1) is 14.4. The molecule has 3 amide bonds. The minimum atomic E-state index is -0.353. The molecule has 154 valence electrons. The molecular formula is C23H23N3O3S. The van der Waals surface area contributed by atoms with Crippen LogP contribution in [-0.4, -0.2) is 36.2 Å². The summed E-state index contributed by atoms with van der Waals surface area (Å²) < 4.78 is 0. The van der Waals surface area contributed by atoms with Crippen molar-refractivity contribution in [3.63, 3.8) is 0 Å². The van der Waals surface area contributed by atoms with Gasteiger partial charge in [-0.15, -0.1) is 11.3 Å². The van der Waals surface area contributed by atoms with E-state index in [-0.39, 0.29) is 24.3 Å². The number of anilines is 2. The quantitative estimate of drug-likeness (QED) is 0.622. The van der Waals surface area contributed by atoms with Crippen LogP contribution in [-0.2, 0) is 4.79 Å². The Bertz CT molecular complexity index is 1060. The van der Waals surface area contributed by atoms with Crippen molar-refractivity contribution in [3.05, 3.63) is 81.5 Å². The van der Waals surface area contributed by atoms with Gasteiger partial charge in [0, 0.05) is 12.7 Å². The standard InChI is InChI=1S/C23H23N3O3S/c1-15-8-6-9-16(2)21(15)25-20(27)14-26(3)23(29)17-10-4-5-11-18(17)24-22(28)19-12-7-13-30-19/h4-13H,14H2,1-3H3,(H,24,28)(H,25,27). The van der Waals surface area contributed by atoms with Gasteiger partial charge < -0.3 is 15.5 Å². The lowest BCUT2D eigenvalue weighted by molar-refractivity contribution is -0.116. The van der Waals surface area contributed by atoms with Crippen LogP contribution in [0.1, 0.15) is 31.2 Å². The molecule has 0 fully saturated rings. The smallest absolute Gasteiger partial charge is 0.265 e. The van der Waals surface area contributed by atoms with Crippen LogP contribution < -0.4 is 10.6 Å². The van der Waals surface area contributed by atoms with Crippen molar-refractivity contribution >= 4 is 40.4 Å². The molecule has 3 aromatic rings. The number of hydrogen-bond donors (Lipinski definition) is 2. The second kappa shape index (κ2) is 9.37. The van der Waals surface area contributed by atoms with Gasteiger partial charge in [-0.25, -0.2) is 0 Å². The molecule has 1 aromatic heterocycles. The minimum Gasteiger partial charge on any atom is -0.332 e. The highest BCUT2D eigenvalue weighted by molar-refractivity contribution is 7.12. The lowest BCUT2D eigenvalue weighted by Crippen LogP contribution is -2.35. The summed E-state index contributed by atoms with van der Waals surface area (Å²) in [5, 5.41) is 7.47. The number of thiophene rings is 1. The first kappa shape index (κ1) is 21.3. The van der Waals surface area contributed by atoms with E-state index in [1.807, 2.05) is 37.4 Å². The van der Waals surface area contributed by atoms with Crippen molar-refractivity contribution in [2.24, 2.45) is 0 Å². The Balaban J connectivity index is 1.70. The van der Waals surface area contributed by atoms with Crippen LogP contribution in [0.5, 0.6) is 0 Å². The normalized spacial score (nSPS) is 10.4. The third-order valence-corrected chi connectivity index (χ3v) is 5.49. The van der Waals surface area contributed by atoms with Crippen molar-refractivity contribution in [1.29, 1.82) is 0 Å². The average Bonchev–Trinajstić information content (AvgIpc) is 3.26. The molecule has 2 aromatic carbocycles. The summed E-state index contributed by atoms with van der Waals surface area (Å²) in [6, 6.07) is 16.0. The zero-order chi connectivity index (χ0) is 21.7. The third kappa shape index (κ3) is 4.93. The Kier molecular flexibility index (Phi) is 6.64. The number of rotatable bonds is 6. The lowest BCUT2D eigenvalue weighted by atomic mass is 10.1. The number of likely N-dealkylation sites (N-methyl/N-ethyl adjacent to an activating group) is 1. The van der Waals surface area contributed by atoms with Gasteiger partial charge in [0.25, 0.3) is 11.8 Å². The first-order valence-electron chi connectivity index (χ1n) is 9.42. The van der Waals surface area contributed by atoms with E-state index >= 15 is 0 Å². The van der Waals surface area contributed by atoms with E-state index in [0.29, 0.717) is 16.1 Å². The molecule has 0 aliphatic heterocycles. The fourth-order valence-corrected chi connectivity index (χ4v) is 3.67. The van der Waals surface area contributed by atoms with Crippen molar-refractivity contribution in [2.75, 3.05) is 24.2 Å². The van der Waals surface area contributed by atoms with Gasteiger partial charge in [0.1, 0.15) is 0 Å². The predicted molar refractivity (Wildman–Crippen MR) is 120 cm³/mol. The highest BCUT2D eigenvalue weighted by Gasteiger charge is 2.20. The van der Waals surface area contributed by atoms with Crippen LogP contribution in [0.3, 0.4) is 0 Å². The molecule has 3 rings (SSSR count). The van der Waals surface area contributed by atoms with Crippen molar-refractivity contribution in [2.45, 2.75) is 13.8 Å². The van der Waals surface area contributed by atoms with Crippen LogP contribution in [0.25, 0.3) is 0 Å². The van der Waals surface area contributed by atoms with Gasteiger partial charge in [-0.05, 0) is 48.6 Å². The molecule has 0 spiro atoms. The third-order valence-electron chi connectivity index (χ3n) is 4.62. The number of carbonyl (C=O) groups excluding carboxylic acids is 3. The number of hydrogen-bond acceptors (Lipinski definition) is 4. The van der Waals surface area contributed by atoms with E-state index in [9.17, 15) is 14.4 Å². The molecule has 7 heteroatoms. The molecule has 0 saturated carbocycles. The van der Waals surface area contributed by atoms with Crippen molar-refractivity contribution in [1.82, 2.24) is 4.90 Å². The van der Waals surface area contributed by atoms with E-state index in [1.54, 1.807) is 43.4 Å². The van der Waals surface area contributed by atoms with Gasteiger partial charge in [0.05, 0.1) is 22.7 Å². The summed E-state index contributed by atoms with van der Waals surface area (Å²) in [6.07, 6.45) is 0. The maximum Gasteiger partial charge on any atom is 0.265 e. The molecule has 30 heavy (non-hydrogen) atoms. The molecule has 2 N–H and O–H groups in total. The van der Waals surface area contributed by atoms with E-state index in [1.165, 1.54) is 16.2 Å². The summed E-state index contributed by atoms with van der Waals surface area (Å²) in [5.74, 6) is -0.919. The van der Waals surface area contributed by atoms with Gasteiger partial charge in [-0.1, -0.05) is 36.4 Å². The summed E-state index contributed by atoms with van der Waals surface area (Å²) in [4.78, 5) is 39.7. The number of para-hydroxylation sites is 2. The van der Waals surface area contributed by atoms with Gasteiger partial charge in [-0.2, -0.15) is 0 Å². The number of benzene rings is 2. The van der Waals surface area contributed by atoms with Crippen LogP contribution in [0.4, 0.5) is 11.4 Å². The molecule has 0 radical (unpaired) electrons. The van der Waals surface area contributed by atoms with E-state index < -0.39 is 0 Å². The summed E-state index contributed by atoms with van der Waals surface area (Å²) >= 11 is 1.32. The number of carbonyl (C=O) groups is 3. The molecule has 0 saturated heterocycles. The van der Waals surface area contributed by atoms with Crippen molar-refractivity contribution < 1.29 is 14.4 Å². The van der Waals surface area contributed by atoms with Crippen molar-refractivity contribution in [3.8, 4) is 0 Å². The summed E-state index contributed by atoms with van der Waals surface area (Å²) in [5.41, 5.74) is 3.40. The Morgan fingerprint density at radius 3 is 2.27 bits per heavy atom. The Morgan fingerprint density at radius 1 is 0.900 bits per heavy atom. The number of amides is 3. The molecule has 0 unspecified atom stereocenters. The molecule has 0 aliphatic rings. The lowest BCUT2D eigenvalue weighted by Gasteiger charge is -2.20. The minimum absolute atomic E-state index is 0.111. The van der Waals surface area contributed by atoms with Gasteiger partial charge in [0.15, 0.2) is 0 Å². The second-order valence-electron chi connectivity index (χ2n) is 6.95. The van der Waals surface area contributed by atoms with Crippen LogP contribution in [0.2, 0.25) is 0 Å². The Labute approximate surface area is 179 Å². The molecular weight excluding hydrogens is 398 g/mol. The molecule has 6 nitrogen and oxygen atoms in total. The maximum absolute atomic E-state index is 13.0. The predicted octanol–water partition coefficient (Wildman–Crippen LogP) is 4.33. The Morgan fingerprint density at radius 2 is 1.60 bits per heavy atom. The SMILES string of the molecule is Cc1cccc(C)c1NC(=O)CN(C)C(=O)c1ccccc1NC(=O)c1cccs1. The monoisotopic (exact) mass is 421 g/mol. The zero-order valence-electron chi connectivity index (χ0n) is 17.1. The van der Waals surface area contributed by atoms with Crippen LogP contribution >= 0.6 is 11.3 Å². The highest BCUT2D eigenvalue weighted by atomic mass is 32.1. The first-order valence-corrected chi connectivity index (χ1v) is 10.3. The topological polar surface area (TPSA) is 78.5 Å². The average molecular weight is 422 g/mol. The highest BCUT2D eigenvalue weighted by Crippen LogP contribution is 2.21. The number of aryl methyl sites for hydroxylation is 2. The molecule has 0 aliphatic carbocycles. The fraction of sp³-hybridized carbons (Fsp3) is 0.174. The molecule has 0 atom stereocenters. The fourth-order valence-electron chi connectivity index (χ4n) is 3.05. The zero-order valence-corrected chi connectivity index (χ0v) is 17.9. The summed E-state index contributed by atoms with van der Waals surface area (Å²) in [6.45, 7) is 3.73. The van der Waals surface area contributed by atoms with Gasteiger partial charge in [-0.3, -0.25) is 14.4 Å². The van der Waals surface area contributed by atoms with E-state index in [0.717, 1.165) is 16.8 Å². The maximum atomic E-state index is 13.0. The Hall–Kier alpha value is -3.45. The van der Waals surface area contributed by atoms with Crippen LogP contribution in [0.15, 0.2) is 60.0 Å². The molecule has 1 heterocycles. The van der Waals surface area contributed by atoms with Crippen LogP contribution in [0, 0.1) is 13.8 Å². The van der Waals surface area contributed by atoms with Gasteiger partial charge >= 0.3 is 0 Å².